The van der Waals surface area contributed by atoms with Crippen molar-refractivity contribution >= 4 is 0 Å². The molecule has 2 saturated heterocycles. The summed E-state index contributed by atoms with van der Waals surface area (Å²) in [6.07, 6.45) is 12.0. The average Bonchev–Trinajstić information content (AvgIpc) is 3.64. The van der Waals surface area contributed by atoms with Gasteiger partial charge in [0, 0.05) is 18.1 Å². The Kier molecular flexibility index (Phi) is 5.79. The number of benzene rings is 1. The van der Waals surface area contributed by atoms with E-state index in [0.717, 1.165) is 18.2 Å². The van der Waals surface area contributed by atoms with Gasteiger partial charge in [0.25, 0.3) is 0 Å². The summed E-state index contributed by atoms with van der Waals surface area (Å²) in [5, 5.41) is 15.9. The highest BCUT2D eigenvalue weighted by molar-refractivity contribution is 5.38. The van der Waals surface area contributed by atoms with E-state index >= 15 is 0 Å². The molecule has 10 heteroatoms. The Bertz CT molecular complexity index is 1030. The monoisotopic (exact) mass is 451 g/mol. The fourth-order valence-electron chi connectivity index (χ4n) is 5.24. The second-order valence-corrected chi connectivity index (χ2v) is 9.15. The molecule has 1 aliphatic carbocycles. The van der Waals surface area contributed by atoms with Gasteiger partial charge in [-0.3, -0.25) is 0 Å². The average molecular weight is 452 g/mol. The van der Waals surface area contributed by atoms with Crippen LogP contribution in [0.3, 0.4) is 0 Å². The lowest BCUT2D eigenvalue weighted by molar-refractivity contribution is 0.0610. The van der Waals surface area contributed by atoms with Crippen molar-refractivity contribution in [3.05, 3.63) is 43.0 Å². The fourth-order valence-corrected chi connectivity index (χ4v) is 5.24. The van der Waals surface area contributed by atoms with Crippen molar-refractivity contribution in [2.75, 3.05) is 19.8 Å². The molecule has 0 bridgehead atoms. The molecule has 3 fully saturated rings. The van der Waals surface area contributed by atoms with Gasteiger partial charge in [0.2, 0.25) is 0 Å². The number of rotatable bonds is 7. The number of ether oxygens (including phenoxy) is 3. The molecule has 0 radical (unpaired) electrons. The van der Waals surface area contributed by atoms with Gasteiger partial charge in [-0.1, -0.05) is 24.4 Å². The maximum atomic E-state index is 6.16. The third-order valence-corrected chi connectivity index (χ3v) is 7.05. The van der Waals surface area contributed by atoms with Gasteiger partial charge in [-0.25, -0.2) is 4.98 Å². The van der Waals surface area contributed by atoms with Crippen LogP contribution in [-0.2, 0) is 9.47 Å². The van der Waals surface area contributed by atoms with E-state index in [4.69, 9.17) is 14.2 Å². The second kappa shape index (κ2) is 9.20. The lowest BCUT2D eigenvalue weighted by Crippen LogP contribution is -2.43. The van der Waals surface area contributed by atoms with Gasteiger partial charge in [0.05, 0.1) is 25.6 Å². The molecule has 3 aromatic rings. The first-order valence-electron chi connectivity index (χ1n) is 11.9. The van der Waals surface area contributed by atoms with Crippen LogP contribution in [0.5, 0.6) is 11.8 Å². The second-order valence-electron chi connectivity index (χ2n) is 9.15. The number of aromatic nitrogens is 6. The Labute approximate surface area is 192 Å². The maximum Gasteiger partial charge on any atom is 0.341 e. The first kappa shape index (κ1) is 20.8. The minimum Gasteiger partial charge on any atom is -0.423 e. The molecule has 10 nitrogen and oxygen atoms in total. The zero-order valence-electron chi connectivity index (χ0n) is 18.5. The van der Waals surface area contributed by atoms with Crippen molar-refractivity contribution in [1.29, 1.82) is 0 Å². The van der Waals surface area contributed by atoms with Gasteiger partial charge in [0.1, 0.15) is 24.0 Å². The molecular formula is C23H29N7O3. The minimum atomic E-state index is -0.119. The Morgan fingerprint density at radius 3 is 2.70 bits per heavy atom. The Morgan fingerprint density at radius 2 is 1.88 bits per heavy atom. The predicted octanol–water partition coefficient (Wildman–Crippen LogP) is 2.53. The number of imidazole rings is 1. The topological polar surface area (TPSA) is 101 Å². The van der Waals surface area contributed by atoms with Crippen LogP contribution in [0.1, 0.15) is 38.1 Å². The molecule has 4 atom stereocenters. The molecule has 3 aliphatic rings. The highest BCUT2D eigenvalue weighted by Crippen LogP contribution is 2.36. The quantitative estimate of drug-likeness (QED) is 0.585. The van der Waals surface area contributed by atoms with E-state index in [1.165, 1.54) is 32.1 Å². The Balaban J connectivity index is 1.10. The SMILES string of the molecule is c1cn(-c2ccc(Oc3nnnn3[C@H]3CO[C@H]4[C@@H]3OC[C@@H]4NCC3CCCCC3)cc2)cn1. The van der Waals surface area contributed by atoms with E-state index in [1.807, 2.05) is 35.0 Å². The van der Waals surface area contributed by atoms with Crippen molar-refractivity contribution in [3.63, 3.8) is 0 Å². The van der Waals surface area contributed by atoms with Crippen molar-refractivity contribution < 1.29 is 14.2 Å². The molecule has 33 heavy (non-hydrogen) atoms. The van der Waals surface area contributed by atoms with E-state index < -0.39 is 0 Å². The first-order chi connectivity index (χ1) is 16.3. The smallest absolute Gasteiger partial charge is 0.341 e. The summed E-state index contributed by atoms with van der Waals surface area (Å²) in [5.41, 5.74) is 0.998. The Morgan fingerprint density at radius 1 is 1.03 bits per heavy atom. The number of hydrogen-bond donors (Lipinski definition) is 1. The molecule has 1 saturated carbocycles. The number of nitrogens with zero attached hydrogens (tertiary/aromatic N) is 6. The molecule has 1 N–H and O–H groups in total. The van der Waals surface area contributed by atoms with Crippen molar-refractivity contribution in [2.24, 2.45) is 5.92 Å². The summed E-state index contributed by atoms with van der Waals surface area (Å²) < 4.78 is 22.0. The predicted molar refractivity (Wildman–Crippen MR) is 118 cm³/mol. The standard InChI is InChI=1S/C23H29N7O3/c1-2-4-16(5-3-1)12-25-19-13-31-22-20(14-32-21(19)22)30-23(26-27-28-30)33-18-8-6-17(7-9-18)29-11-10-24-15-29/h6-11,15-16,19-22,25H,1-5,12-14H2/t19-,20-,21+,22+/m0/s1. The van der Waals surface area contributed by atoms with Crippen LogP contribution in [-0.4, -0.2) is 67.8 Å². The molecule has 6 rings (SSSR count). The maximum absolute atomic E-state index is 6.16. The molecule has 0 amide bonds. The summed E-state index contributed by atoms with van der Waals surface area (Å²) in [7, 11) is 0. The van der Waals surface area contributed by atoms with Crippen LogP contribution >= 0.6 is 0 Å². The van der Waals surface area contributed by atoms with E-state index in [-0.39, 0.29) is 24.3 Å². The van der Waals surface area contributed by atoms with Gasteiger partial charge in [-0.2, -0.15) is 4.68 Å². The zero-order valence-corrected chi connectivity index (χ0v) is 18.5. The van der Waals surface area contributed by atoms with E-state index in [1.54, 1.807) is 17.2 Å². The third kappa shape index (κ3) is 4.25. The highest BCUT2D eigenvalue weighted by atomic mass is 16.6. The minimum absolute atomic E-state index is 0.00473. The van der Waals surface area contributed by atoms with E-state index in [2.05, 4.69) is 25.8 Å². The summed E-state index contributed by atoms with van der Waals surface area (Å²) in [6.45, 7) is 2.18. The molecule has 0 unspecified atom stereocenters. The summed E-state index contributed by atoms with van der Waals surface area (Å²) in [4.78, 5) is 4.08. The van der Waals surface area contributed by atoms with Crippen LogP contribution in [0.2, 0.25) is 0 Å². The molecule has 4 heterocycles. The van der Waals surface area contributed by atoms with Gasteiger partial charge >= 0.3 is 6.01 Å². The lowest BCUT2D eigenvalue weighted by Gasteiger charge is -2.25. The summed E-state index contributed by atoms with van der Waals surface area (Å²) in [6, 6.07) is 8.12. The largest absolute Gasteiger partial charge is 0.423 e. The molecule has 174 valence electrons. The summed E-state index contributed by atoms with van der Waals surface area (Å²) >= 11 is 0. The number of fused-ring (bicyclic) bond motifs is 1. The van der Waals surface area contributed by atoms with Gasteiger partial charge in [-0.05, 0) is 60.0 Å². The number of nitrogens with one attached hydrogen (secondary N) is 1. The van der Waals surface area contributed by atoms with Crippen molar-refractivity contribution in [3.8, 4) is 17.4 Å². The Hall–Kier alpha value is -2.82. The lowest BCUT2D eigenvalue weighted by atomic mass is 9.89. The molecular weight excluding hydrogens is 422 g/mol. The van der Waals surface area contributed by atoms with Crippen LogP contribution in [0, 0.1) is 5.92 Å². The van der Waals surface area contributed by atoms with E-state index in [9.17, 15) is 0 Å². The van der Waals surface area contributed by atoms with E-state index in [0.29, 0.717) is 25.0 Å². The number of tetrazole rings is 1. The van der Waals surface area contributed by atoms with Crippen LogP contribution in [0.4, 0.5) is 0 Å². The van der Waals surface area contributed by atoms with Crippen molar-refractivity contribution in [1.82, 2.24) is 35.1 Å². The van der Waals surface area contributed by atoms with Gasteiger partial charge in [-0.15, -0.1) is 0 Å². The first-order valence-corrected chi connectivity index (χ1v) is 11.9. The zero-order chi connectivity index (χ0) is 22.0. The molecule has 0 spiro atoms. The van der Waals surface area contributed by atoms with Crippen LogP contribution in [0.15, 0.2) is 43.0 Å². The van der Waals surface area contributed by atoms with Gasteiger partial charge < -0.3 is 24.1 Å². The molecule has 2 aliphatic heterocycles. The highest BCUT2D eigenvalue weighted by Gasteiger charge is 2.49. The van der Waals surface area contributed by atoms with Crippen LogP contribution in [0.25, 0.3) is 5.69 Å². The van der Waals surface area contributed by atoms with Crippen LogP contribution < -0.4 is 10.1 Å². The summed E-state index contributed by atoms with van der Waals surface area (Å²) in [5.74, 6) is 1.43. The number of hydrogen-bond acceptors (Lipinski definition) is 8. The normalized spacial score (nSPS) is 27.6. The van der Waals surface area contributed by atoms with Gasteiger partial charge in [0.15, 0.2) is 0 Å². The molecule has 2 aromatic heterocycles. The third-order valence-electron chi connectivity index (χ3n) is 7.05. The van der Waals surface area contributed by atoms with Crippen molar-refractivity contribution in [2.45, 2.75) is 56.4 Å². The molecule has 1 aromatic carbocycles. The fraction of sp³-hybridized carbons (Fsp3) is 0.565.